The highest BCUT2D eigenvalue weighted by atomic mass is 16.6. The maximum absolute atomic E-state index is 12.8. The van der Waals surface area contributed by atoms with Crippen molar-refractivity contribution >= 4 is 23.5 Å². The first-order valence-electron chi connectivity index (χ1n) is 12.1. The summed E-state index contributed by atoms with van der Waals surface area (Å²) >= 11 is 0. The molecule has 0 radical (unpaired) electrons. The van der Waals surface area contributed by atoms with Gasteiger partial charge in [-0.2, -0.15) is 0 Å². The van der Waals surface area contributed by atoms with Crippen molar-refractivity contribution in [2.75, 3.05) is 6.61 Å². The van der Waals surface area contributed by atoms with E-state index in [2.05, 4.69) is 0 Å². The Labute approximate surface area is 181 Å². The number of carbonyl (C=O) groups excluding carboxylic acids is 4. The summed E-state index contributed by atoms with van der Waals surface area (Å²) in [6.07, 6.45) is 11.0. The van der Waals surface area contributed by atoms with Gasteiger partial charge in [0.25, 0.3) is 0 Å². The van der Waals surface area contributed by atoms with Crippen LogP contribution in [0.25, 0.3) is 0 Å². The molecule has 8 aliphatic carbocycles. The quantitative estimate of drug-likeness (QED) is 0.392. The lowest BCUT2D eigenvalue weighted by Crippen LogP contribution is -2.53. The molecule has 0 N–H and O–H groups in total. The second-order valence-corrected chi connectivity index (χ2v) is 11.6. The Morgan fingerprint density at radius 1 is 0.871 bits per heavy atom. The molecule has 6 nitrogen and oxygen atoms in total. The molecule has 0 aromatic heterocycles. The molecule has 6 heteroatoms. The number of rotatable bonds is 4. The molecule has 31 heavy (non-hydrogen) atoms. The van der Waals surface area contributed by atoms with Gasteiger partial charge in [-0.25, -0.2) is 4.79 Å². The van der Waals surface area contributed by atoms with Gasteiger partial charge >= 0.3 is 11.9 Å². The third-order valence-corrected chi connectivity index (χ3v) is 9.92. The first-order valence-corrected chi connectivity index (χ1v) is 12.1. The average molecular weight is 424 g/mol. The summed E-state index contributed by atoms with van der Waals surface area (Å²) in [5.74, 6) is -0.0595. The fourth-order valence-electron chi connectivity index (χ4n) is 9.44. The zero-order valence-corrected chi connectivity index (χ0v) is 17.5. The van der Waals surface area contributed by atoms with E-state index in [0.717, 1.165) is 19.3 Å². The van der Waals surface area contributed by atoms with Crippen LogP contribution in [0, 0.1) is 59.2 Å². The normalized spacial score (nSPS) is 52.1. The Kier molecular flexibility index (Phi) is 3.64. The van der Waals surface area contributed by atoms with Crippen molar-refractivity contribution in [3.05, 3.63) is 12.2 Å². The highest BCUT2D eigenvalue weighted by Gasteiger charge is 2.69. The summed E-state index contributed by atoms with van der Waals surface area (Å²) in [7, 11) is 0. The molecule has 0 aromatic rings. The van der Waals surface area contributed by atoms with Crippen molar-refractivity contribution in [3.63, 3.8) is 0 Å². The summed E-state index contributed by atoms with van der Waals surface area (Å²) in [5, 5.41) is 0. The minimum Gasteiger partial charge on any atom is -0.457 e. The molecule has 0 aliphatic heterocycles. The van der Waals surface area contributed by atoms with E-state index >= 15 is 0 Å². The van der Waals surface area contributed by atoms with Crippen LogP contribution in [0.5, 0.6) is 0 Å². The maximum atomic E-state index is 12.8. The smallest absolute Gasteiger partial charge is 0.344 e. The number of hydrogen-bond acceptors (Lipinski definition) is 6. The van der Waals surface area contributed by atoms with Crippen molar-refractivity contribution in [1.82, 2.24) is 0 Å². The van der Waals surface area contributed by atoms with Gasteiger partial charge in [-0.15, -0.1) is 0 Å². The van der Waals surface area contributed by atoms with Crippen LogP contribution in [0.2, 0.25) is 0 Å². The van der Waals surface area contributed by atoms with E-state index in [1.54, 1.807) is 0 Å². The van der Waals surface area contributed by atoms with E-state index in [9.17, 15) is 19.2 Å². The Hall–Kier alpha value is -1.98. The highest BCUT2D eigenvalue weighted by Crippen LogP contribution is 2.64. The number of ketones is 2. The van der Waals surface area contributed by atoms with E-state index in [-0.39, 0.29) is 53.4 Å². The van der Waals surface area contributed by atoms with Crippen LogP contribution in [-0.4, -0.2) is 35.7 Å². The lowest BCUT2D eigenvalue weighted by atomic mass is 9.54. The van der Waals surface area contributed by atoms with Gasteiger partial charge in [0.05, 0.1) is 5.92 Å². The molecule has 7 saturated carbocycles. The molecule has 7 unspecified atom stereocenters. The Balaban J connectivity index is 0.997. The largest absolute Gasteiger partial charge is 0.457 e. The number of esters is 2. The van der Waals surface area contributed by atoms with Crippen LogP contribution in [-0.2, 0) is 28.7 Å². The second kappa shape index (κ2) is 6.08. The van der Waals surface area contributed by atoms with Gasteiger partial charge in [0.2, 0.25) is 0 Å². The lowest BCUT2D eigenvalue weighted by Gasteiger charge is -2.55. The van der Waals surface area contributed by atoms with Crippen LogP contribution in [0.4, 0.5) is 0 Å². The average Bonchev–Trinajstić information content (AvgIpc) is 3.41. The van der Waals surface area contributed by atoms with Gasteiger partial charge in [0, 0.05) is 23.7 Å². The van der Waals surface area contributed by atoms with Gasteiger partial charge in [-0.05, 0) is 74.5 Å². The van der Waals surface area contributed by atoms with Crippen LogP contribution < -0.4 is 0 Å². The van der Waals surface area contributed by atoms with Crippen LogP contribution in [0.15, 0.2) is 12.2 Å². The highest BCUT2D eigenvalue weighted by molar-refractivity contribution is 6.01. The minimum absolute atomic E-state index is 0.0507. The number of fused-ring (bicyclic) bond motifs is 9. The Bertz CT molecular complexity index is 897. The van der Waals surface area contributed by atoms with Gasteiger partial charge < -0.3 is 9.47 Å². The van der Waals surface area contributed by atoms with Crippen LogP contribution in [0.3, 0.4) is 0 Å². The molecule has 8 rings (SSSR count). The predicted molar refractivity (Wildman–Crippen MR) is 106 cm³/mol. The molecule has 0 saturated heterocycles. The molecule has 7 atom stereocenters. The second-order valence-electron chi connectivity index (χ2n) is 11.6. The number of allylic oxidation sites excluding steroid dienone is 2. The van der Waals surface area contributed by atoms with E-state index in [0.29, 0.717) is 24.2 Å². The predicted octanol–water partition coefficient (Wildman–Crippen LogP) is 2.49. The number of ether oxygens (including phenoxy) is 2. The molecule has 8 bridgehead atoms. The summed E-state index contributed by atoms with van der Waals surface area (Å²) in [6, 6.07) is 0. The van der Waals surface area contributed by atoms with E-state index in [4.69, 9.17) is 9.47 Å². The molecule has 8 aliphatic rings. The molecule has 0 spiro atoms. The molecular weight excluding hydrogens is 396 g/mol. The monoisotopic (exact) mass is 424 g/mol. The van der Waals surface area contributed by atoms with E-state index in [1.807, 2.05) is 12.2 Å². The number of hydrogen-bond donors (Lipinski definition) is 0. The van der Waals surface area contributed by atoms with Crippen molar-refractivity contribution in [3.8, 4) is 0 Å². The molecular formula is C25H28O6. The lowest BCUT2D eigenvalue weighted by molar-refractivity contribution is -0.193. The Morgan fingerprint density at radius 3 is 2.13 bits per heavy atom. The minimum atomic E-state index is -0.522. The van der Waals surface area contributed by atoms with E-state index < -0.39 is 23.8 Å². The maximum Gasteiger partial charge on any atom is 0.344 e. The number of Topliss-reactive ketones (excluding diaryl/α,β-unsaturated/α-hetero) is 2. The third kappa shape index (κ3) is 2.45. The first-order chi connectivity index (χ1) is 14.9. The zero-order chi connectivity index (χ0) is 21.1. The summed E-state index contributed by atoms with van der Waals surface area (Å²) < 4.78 is 11.3. The summed E-state index contributed by atoms with van der Waals surface area (Å²) in [4.78, 5) is 50.7. The van der Waals surface area contributed by atoms with E-state index in [1.165, 1.54) is 19.3 Å². The van der Waals surface area contributed by atoms with Crippen molar-refractivity contribution in [2.45, 2.75) is 50.5 Å². The standard InChI is InChI=1S/C25H28O6/c26-18(31-25-7-11-3-12(8-25)5-13(4-11)9-25)10-30-24(29)17-6-16-19-14-1-2-15(22(14)27)20(19)21(17)23(16)28/h1-2,11-17,19-21H,3-10H2. The van der Waals surface area contributed by atoms with Crippen molar-refractivity contribution in [2.24, 2.45) is 59.2 Å². The topological polar surface area (TPSA) is 86.7 Å². The third-order valence-electron chi connectivity index (χ3n) is 9.92. The fourth-order valence-corrected chi connectivity index (χ4v) is 9.44. The van der Waals surface area contributed by atoms with Crippen molar-refractivity contribution in [1.29, 1.82) is 0 Å². The van der Waals surface area contributed by atoms with Crippen LogP contribution >= 0.6 is 0 Å². The SMILES string of the molecule is O=C(COC(=O)C1CC2C(=O)C1C1C3C=CC(C3=O)C21)OC12CC3CC(CC(C3)C1)C2. The molecule has 164 valence electrons. The molecule has 0 aromatic carbocycles. The summed E-state index contributed by atoms with van der Waals surface area (Å²) in [6.45, 7) is -0.373. The van der Waals surface area contributed by atoms with Gasteiger partial charge in [0.1, 0.15) is 17.2 Å². The first kappa shape index (κ1) is 18.6. The zero-order valence-electron chi connectivity index (χ0n) is 17.5. The molecule has 0 heterocycles. The van der Waals surface area contributed by atoms with Crippen molar-refractivity contribution < 1.29 is 28.7 Å². The summed E-state index contributed by atoms with van der Waals surface area (Å²) in [5.41, 5.74) is -0.344. The molecule has 7 fully saturated rings. The van der Waals surface area contributed by atoms with Gasteiger partial charge in [-0.3, -0.25) is 14.4 Å². The Morgan fingerprint density at radius 2 is 1.48 bits per heavy atom. The van der Waals surface area contributed by atoms with Crippen LogP contribution in [0.1, 0.15) is 44.9 Å². The fraction of sp³-hybridized carbons (Fsp3) is 0.760. The number of carbonyl (C=O) groups is 4. The van der Waals surface area contributed by atoms with Gasteiger partial charge in [0.15, 0.2) is 6.61 Å². The van der Waals surface area contributed by atoms with Gasteiger partial charge in [-0.1, -0.05) is 12.2 Å². The molecule has 0 amide bonds.